The normalized spacial score (nSPS) is 13.2. The van der Waals surface area contributed by atoms with Gasteiger partial charge in [0, 0.05) is 5.56 Å². The maximum atomic E-state index is 13.2. The van der Waals surface area contributed by atoms with E-state index in [-0.39, 0.29) is 0 Å². The zero-order chi connectivity index (χ0) is 13.1. The molecule has 0 amide bonds. The summed E-state index contributed by atoms with van der Waals surface area (Å²) >= 11 is 0. The summed E-state index contributed by atoms with van der Waals surface area (Å²) in [6, 6.07) is 2.15. The van der Waals surface area contributed by atoms with Gasteiger partial charge in [0.25, 0.3) is 0 Å². The summed E-state index contributed by atoms with van der Waals surface area (Å²) in [5, 5.41) is 10.4. The molecule has 0 bridgehead atoms. The molecule has 1 aromatic rings. The Labute approximate surface area is 93.7 Å². The Balaban J connectivity index is 2.88. The van der Waals surface area contributed by atoms with Crippen LogP contribution in [0.4, 0.5) is 22.0 Å². The molecule has 0 saturated heterocycles. The number of hydrogen-bond donors (Lipinski definition) is 1. The van der Waals surface area contributed by atoms with E-state index in [1.165, 1.54) is 6.07 Å². The standard InChI is InChI=1S/C10H7F5N2/c11-6-1-2-8(12)7(3-6)9(4-16)17-5-10(13,14)15/h1-3,9,17H,5H2. The van der Waals surface area contributed by atoms with Gasteiger partial charge in [0.05, 0.1) is 12.6 Å². The lowest BCUT2D eigenvalue weighted by atomic mass is 10.1. The molecule has 7 heteroatoms. The SMILES string of the molecule is N#CC(NCC(F)(F)F)c1cc(F)ccc1F. The number of halogens is 5. The fourth-order valence-electron chi connectivity index (χ4n) is 1.18. The molecule has 2 nitrogen and oxygen atoms in total. The molecule has 0 fully saturated rings. The van der Waals surface area contributed by atoms with Crippen LogP contribution in [0.15, 0.2) is 18.2 Å². The second-order valence-corrected chi connectivity index (χ2v) is 3.22. The predicted molar refractivity (Wildman–Crippen MR) is 48.8 cm³/mol. The minimum atomic E-state index is -4.53. The third-order valence-corrected chi connectivity index (χ3v) is 1.90. The van der Waals surface area contributed by atoms with Crippen molar-refractivity contribution in [2.45, 2.75) is 12.2 Å². The fraction of sp³-hybridized carbons (Fsp3) is 0.300. The number of nitrogens with one attached hydrogen (secondary N) is 1. The van der Waals surface area contributed by atoms with Crippen LogP contribution in [0, 0.1) is 23.0 Å². The Bertz CT molecular complexity index is 435. The van der Waals surface area contributed by atoms with Gasteiger partial charge in [-0.15, -0.1) is 0 Å². The highest BCUT2D eigenvalue weighted by Gasteiger charge is 2.29. The van der Waals surface area contributed by atoms with Crippen LogP contribution in [-0.4, -0.2) is 12.7 Å². The summed E-state index contributed by atoms with van der Waals surface area (Å²) in [4.78, 5) is 0. The van der Waals surface area contributed by atoms with Crippen LogP contribution in [0.5, 0.6) is 0 Å². The highest BCUT2D eigenvalue weighted by molar-refractivity contribution is 5.26. The van der Waals surface area contributed by atoms with Crippen LogP contribution in [0.2, 0.25) is 0 Å². The number of nitriles is 1. The van der Waals surface area contributed by atoms with Crippen LogP contribution in [0.25, 0.3) is 0 Å². The molecule has 0 aromatic heterocycles. The highest BCUT2D eigenvalue weighted by Crippen LogP contribution is 2.20. The minimum absolute atomic E-state index is 0.447. The number of alkyl halides is 3. The topological polar surface area (TPSA) is 35.8 Å². The molecule has 0 aliphatic carbocycles. The largest absolute Gasteiger partial charge is 0.401 e. The van der Waals surface area contributed by atoms with E-state index < -0.39 is 36.0 Å². The zero-order valence-electron chi connectivity index (χ0n) is 8.35. The van der Waals surface area contributed by atoms with Crippen LogP contribution >= 0.6 is 0 Å². The van der Waals surface area contributed by atoms with Gasteiger partial charge in [0.2, 0.25) is 0 Å². The summed E-state index contributed by atoms with van der Waals surface area (Å²) in [5.41, 5.74) is -0.447. The number of benzene rings is 1. The Morgan fingerprint density at radius 1 is 1.29 bits per heavy atom. The van der Waals surface area contributed by atoms with E-state index in [1.54, 1.807) is 5.32 Å². The number of hydrogen-bond acceptors (Lipinski definition) is 2. The van der Waals surface area contributed by atoms with Crippen molar-refractivity contribution in [1.29, 1.82) is 5.26 Å². The molecular weight excluding hydrogens is 243 g/mol. The van der Waals surface area contributed by atoms with E-state index in [4.69, 9.17) is 5.26 Å². The van der Waals surface area contributed by atoms with Crippen molar-refractivity contribution < 1.29 is 22.0 Å². The quantitative estimate of drug-likeness (QED) is 0.837. The van der Waals surface area contributed by atoms with Crippen LogP contribution in [-0.2, 0) is 0 Å². The molecule has 1 aromatic carbocycles. The van der Waals surface area contributed by atoms with Crippen molar-refractivity contribution >= 4 is 0 Å². The first-order valence-corrected chi connectivity index (χ1v) is 4.48. The van der Waals surface area contributed by atoms with E-state index in [1.807, 2.05) is 0 Å². The fourth-order valence-corrected chi connectivity index (χ4v) is 1.18. The second kappa shape index (κ2) is 5.10. The molecule has 1 atom stereocenters. The number of rotatable bonds is 3. The van der Waals surface area contributed by atoms with E-state index in [0.717, 1.165) is 12.1 Å². The minimum Gasteiger partial charge on any atom is -0.290 e. The zero-order valence-corrected chi connectivity index (χ0v) is 8.35. The maximum absolute atomic E-state index is 13.2. The average Bonchev–Trinajstić information content (AvgIpc) is 2.22. The Kier molecular flexibility index (Phi) is 4.02. The molecule has 1 rings (SSSR count). The lowest BCUT2D eigenvalue weighted by molar-refractivity contribution is -0.125. The lowest BCUT2D eigenvalue weighted by Crippen LogP contribution is -2.32. The molecule has 0 spiro atoms. The van der Waals surface area contributed by atoms with Gasteiger partial charge in [-0.25, -0.2) is 8.78 Å². The summed E-state index contributed by atoms with van der Waals surface area (Å²) in [5.74, 6) is -1.76. The monoisotopic (exact) mass is 250 g/mol. The summed E-state index contributed by atoms with van der Waals surface area (Å²) < 4.78 is 61.7. The van der Waals surface area contributed by atoms with E-state index in [0.29, 0.717) is 6.07 Å². The van der Waals surface area contributed by atoms with Crippen LogP contribution in [0.3, 0.4) is 0 Å². The van der Waals surface area contributed by atoms with Gasteiger partial charge in [-0.3, -0.25) is 5.32 Å². The van der Waals surface area contributed by atoms with E-state index >= 15 is 0 Å². The summed E-state index contributed by atoms with van der Waals surface area (Å²) in [6.07, 6.45) is -4.53. The number of nitrogens with zero attached hydrogens (tertiary/aromatic N) is 1. The molecular formula is C10H7F5N2. The molecule has 0 aliphatic heterocycles. The predicted octanol–water partition coefficient (Wildman–Crippen LogP) is 2.68. The molecule has 0 saturated carbocycles. The molecule has 0 radical (unpaired) electrons. The summed E-state index contributed by atoms with van der Waals surface area (Å²) in [7, 11) is 0. The molecule has 1 unspecified atom stereocenters. The molecule has 92 valence electrons. The average molecular weight is 250 g/mol. The Morgan fingerprint density at radius 2 is 1.94 bits per heavy atom. The first-order chi connectivity index (χ1) is 7.83. The van der Waals surface area contributed by atoms with Crippen molar-refractivity contribution in [3.8, 4) is 6.07 Å². The first kappa shape index (κ1) is 13.4. The molecule has 0 aliphatic rings. The van der Waals surface area contributed by atoms with E-state index in [2.05, 4.69) is 0 Å². The van der Waals surface area contributed by atoms with Crippen molar-refractivity contribution in [2.75, 3.05) is 6.54 Å². The summed E-state index contributed by atoms with van der Waals surface area (Å²) in [6.45, 7) is -1.46. The van der Waals surface area contributed by atoms with Crippen molar-refractivity contribution in [1.82, 2.24) is 5.32 Å². The van der Waals surface area contributed by atoms with Gasteiger partial charge in [-0.2, -0.15) is 18.4 Å². The van der Waals surface area contributed by atoms with Gasteiger partial charge >= 0.3 is 6.18 Å². The lowest BCUT2D eigenvalue weighted by Gasteiger charge is -2.14. The highest BCUT2D eigenvalue weighted by atomic mass is 19.4. The van der Waals surface area contributed by atoms with Gasteiger partial charge in [0.15, 0.2) is 0 Å². The van der Waals surface area contributed by atoms with Gasteiger partial charge in [0.1, 0.15) is 17.7 Å². The Hall–Kier alpha value is -1.68. The smallest absolute Gasteiger partial charge is 0.290 e. The maximum Gasteiger partial charge on any atom is 0.401 e. The molecule has 0 heterocycles. The van der Waals surface area contributed by atoms with Crippen molar-refractivity contribution in [3.05, 3.63) is 35.4 Å². The van der Waals surface area contributed by atoms with Crippen molar-refractivity contribution in [2.24, 2.45) is 0 Å². The molecule has 17 heavy (non-hydrogen) atoms. The van der Waals surface area contributed by atoms with Gasteiger partial charge < -0.3 is 0 Å². The van der Waals surface area contributed by atoms with Crippen LogP contribution in [0.1, 0.15) is 11.6 Å². The third kappa shape index (κ3) is 4.00. The van der Waals surface area contributed by atoms with E-state index in [9.17, 15) is 22.0 Å². The van der Waals surface area contributed by atoms with Crippen molar-refractivity contribution in [3.63, 3.8) is 0 Å². The van der Waals surface area contributed by atoms with Gasteiger partial charge in [-0.1, -0.05) is 0 Å². The first-order valence-electron chi connectivity index (χ1n) is 4.48. The second-order valence-electron chi connectivity index (χ2n) is 3.22. The Morgan fingerprint density at radius 3 is 2.47 bits per heavy atom. The van der Waals surface area contributed by atoms with Gasteiger partial charge in [-0.05, 0) is 18.2 Å². The van der Waals surface area contributed by atoms with Crippen LogP contribution < -0.4 is 5.32 Å². The molecule has 1 N–H and O–H groups in total. The third-order valence-electron chi connectivity index (χ3n) is 1.90.